The number of fused-ring (bicyclic) bond motifs is 11. The number of benzene rings is 6. The van der Waals surface area contributed by atoms with Crippen molar-refractivity contribution in [3.8, 4) is 19.5 Å². The first-order valence-electron chi connectivity index (χ1n) is 26.5. The van der Waals surface area contributed by atoms with Crippen molar-refractivity contribution in [1.29, 1.82) is 0 Å². The third-order valence-corrected chi connectivity index (χ3v) is 22.3. The molecule has 0 aliphatic heterocycles. The van der Waals surface area contributed by atoms with Crippen LogP contribution in [0.1, 0.15) is 76.5 Å². The molecule has 84 heavy (non-hydrogen) atoms. The molecule has 0 saturated heterocycles. The molecule has 16 heteroatoms. The number of carbonyl (C=O) groups excluding carboxylic acids is 4. The summed E-state index contributed by atoms with van der Waals surface area (Å²) in [7, 11) is 0. The number of hydrogen-bond acceptors (Lipinski definition) is 16. The van der Waals surface area contributed by atoms with Gasteiger partial charge in [-0.25, -0.2) is 0 Å². The molecule has 408 valence electrons. The minimum Gasteiger partial charge on any atom is -0.459 e. The van der Waals surface area contributed by atoms with Gasteiger partial charge in [-0.15, -0.1) is 45.3 Å². The number of rotatable bonds is 14. The van der Waals surface area contributed by atoms with E-state index in [0.717, 1.165) is 22.3 Å². The number of carbonyl (C=O) groups is 4. The molecule has 6 aromatic carbocycles. The maximum Gasteiger partial charge on any atom is 0.333 e. The van der Waals surface area contributed by atoms with Crippen LogP contribution < -0.4 is 0 Å². The van der Waals surface area contributed by atoms with E-state index in [1.54, 1.807) is 0 Å². The molecule has 14 rings (SSSR count). The van der Waals surface area contributed by atoms with Crippen LogP contribution in [0.25, 0.3) is 41.1 Å². The largest absolute Gasteiger partial charge is 0.459 e. The highest BCUT2D eigenvalue weighted by Gasteiger charge is 2.65. The van der Waals surface area contributed by atoms with Crippen LogP contribution in [0.15, 0.2) is 193 Å². The third-order valence-electron chi connectivity index (χ3n) is 15.5. The van der Waals surface area contributed by atoms with Crippen molar-refractivity contribution in [2.24, 2.45) is 0 Å². The second-order valence-electron chi connectivity index (χ2n) is 20.3. The standard InChI is InChI=1S/C68H40O8S8/c69-63(73-33-37-17-5-1-6-18-37)67(64(70)74-34-38-19-7-2-8-20-38)49-31-41(29-47-53(77)43-25-13-14-26-44(43)54(47)78)81-57(49)59-51(67)61-62(83-59)52-60(84-61)58-50(32-42(82-58)30-48-55(79)45-27-15-16-28-46(45)56(48)80)68(52,65(71)75-35-39-21-9-3-10-22-39)66(72)76-36-40-23-11-4-12-24-40/h1-32H,33-36H2. The lowest BCUT2D eigenvalue weighted by molar-refractivity contribution is -0.166. The Bertz CT molecular complexity index is 4070. The first-order chi connectivity index (χ1) is 41.0. The average Bonchev–Trinajstić information content (AvgIpc) is 1.52. The van der Waals surface area contributed by atoms with Crippen molar-refractivity contribution in [2.75, 3.05) is 0 Å². The zero-order valence-corrected chi connectivity index (χ0v) is 50.4. The predicted octanol–water partition coefficient (Wildman–Crippen LogP) is 15.7. The fourth-order valence-corrected chi connectivity index (χ4v) is 18.7. The molecule has 4 aliphatic rings. The van der Waals surface area contributed by atoms with Gasteiger partial charge in [0.15, 0.2) is 0 Å². The molecular weight excluding hydrogens is 1200 g/mol. The lowest BCUT2D eigenvalue weighted by Crippen LogP contribution is -2.46. The van der Waals surface area contributed by atoms with Crippen molar-refractivity contribution in [2.45, 2.75) is 37.3 Å². The molecule has 0 N–H and O–H groups in total. The average molecular weight is 1240 g/mol. The summed E-state index contributed by atoms with van der Waals surface area (Å²) < 4.78 is 26.5. The van der Waals surface area contributed by atoms with Gasteiger partial charge in [0.2, 0.25) is 10.8 Å². The number of hydrogen-bond donors (Lipinski definition) is 0. The normalized spacial score (nSPS) is 14.6. The summed E-state index contributed by atoms with van der Waals surface area (Å²) in [4.78, 5) is 70.0. The predicted molar refractivity (Wildman–Crippen MR) is 348 cm³/mol. The van der Waals surface area contributed by atoms with E-state index in [1.165, 1.54) is 45.3 Å². The molecule has 0 fully saturated rings. The molecule has 4 heterocycles. The Morgan fingerprint density at radius 1 is 0.357 bits per heavy atom. The third kappa shape index (κ3) is 8.64. The highest BCUT2D eigenvalue weighted by atomic mass is 32.1. The Morgan fingerprint density at radius 3 is 0.893 bits per heavy atom. The van der Waals surface area contributed by atoms with Crippen molar-refractivity contribution < 1.29 is 38.1 Å². The quantitative estimate of drug-likeness (QED) is 0.0340. The van der Waals surface area contributed by atoms with E-state index in [4.69, 9.17) is 67.8 Å². The van der Waals surface area contributed by atoms with Crippen LogP contribution in [0.4, 0.5) is 0 Å². The molecule has 4 aromatic heterocycles. The lowest BCUT2D eigenvalue weighted by atomic mass is 9.77. The second-order valence-corrected chi connectivity index (χ2v) is 26.2. The molecule has 4 aliphatic carbocycles. The second kappa shape index (κ2) is 21.6. The zero-order valence-electron chi connectivity index (χ0n) is 43.8. The van der Waals surface area contributed by atoms with Crippen LogP contribution in [0.5, 0.6) is 0 Å². The van der Waals surface area contributed by atoms with Crippen LogP contribution in [-0.2, 0) is 75.4 Å². The highest BCUT2D eigenvalue weighted by Crippen LogP contribution is 2.67. The van der Waals surface area contributed by atoms with Crippen molar-refractivity contribution in [3.63, 3.8) is 0 Å². The minimum atomic E-state index is -2.24. The number of thiophene rings is 4. The molecule has 8 nitrogen and oxygen atoms in total. The Hall–Kier alpha value is -7.90. The van der Waals surface area contributed by atoms with E-state index in [0.29, 0.717) is 114 Å². The monoisotopic (exact) mass is 1240 g/mol. The minimum absolute atomic E-state index is 0.160. The summed E-state index contributed by atoms with van der Waals surface area (Å²) in [5.41, 5.74) is 4.49. The molecule has 0 unspecified atom stereocenters. The fraction of sp³-hybridized carbons (Fsp3) is 0.0882. The van der Waals surface area contributed by atoms with Crippen LogP contribution in [-0.4, -0.2) is 43.3 Å². The van der Waals surface area contributed by atoms with Gasteiger partial charge in [0.25, 0.3) is 0 Å². The molecule has 0 spiro atoms. The number of thiocarbonyl (C=S) groups is 4. The van der Waals surface area contributed by atoms with E-state index >= 15 is 19.2 Å². The van der Waals surface area contributed by atoms with Crippen molar-refractivity contribution in [1.82, 2.24) is 0 Å². The first-order valence-corrected chi connectivity index (χ1v) is 31.4. The Kier molecular flexibility index (Phi) is 13.9. The molecule has 0 amide bonds. The summed E-state index contributed by atoms with van der Waals surface area (Å²) in [5, 5.41) is 0. The van der Waals surface area contributed by atoms with Crippen molar-refractivity contribution in [3.05, 3.63) is 270 Å². The molecule has 0 saturated carbocycles. The number of allylic oxidation sites excluding steroid dienone is 2. The zero-order chi connectivity index (χ0) is 57.4. The molecule has 0 radical (unpaired) electrons. The maximum atomic E-state index is 16.0. The maximum absolute atomic E-state index is 16.0. The SMILES string of the molecule is O=C(OCc1ccccc1)C1(C(=O)OCc2ccccc2)c2cc(C=C3C(=S)c4ccccc4C3=S)sc2-c2sc3c4c(sc3c21)-c1sc(C=C2C(=S)c3ccccc3C2=S)cc1C4(C(=O)OCc1ccccc1)C(=O)OCc1ccccc1. The van der Waals surface area contributed by atoms with Gasteiger partial charge in [-0.3, -0.25) is 19.2 Å². The van der Waals surface area contributed by atoms with Gasteiger partial charge < -0.3 is 18.9 Å². The number of esters is 4. The fourth-order valence-electron chi connectivity index (χ4n) is 11.5. The molecular formula is C68H40O8S8. The van der Waals surface area contributed by atoms with E-state index in [-0.39, 0.29) is 26.4 Å². The summed E-state index contributed by atoms with van der Waals surface area (Å²) in [5.74, 6) is -3.44. The van der Waals surface area contributed by atoms with E-state index < -0.39 is 34.7 Å². The van der Waals surface area contributed by atoms with Crippen LogP contribution in [0.2, 0.25) is 0 Å². The Morgan fingerprint density at radius 2 is 0.619 bits per heavy atom. The summed E-state index contributed by atoms with van der Waals surface area (Å²) in [6.07, 6.45) is 3.84. The van der Waals surface area contributed by atoms with E-state index in [9.17, 15) is 0 Å². The molecule has 0 bridgehead atoms. The van der Waals surface area contributed by atoms with E-state index in [1.807, 2.05) is 194 Å². The van der Waals surface area contributed by atoms with Gasteiger partial charge in [-0.05, 0) is 46.5 Å². The summed E-state index contributed by atoms with van der Waals surface area (Å²) in [6, 6.07) is 56.2. The molecule has 10 aromatic rings. The van der Waals surface area contributed by atoms with Crippen molar-refractivity contribution >= 4 is 159 Å². The topological polar surface area (TPSA) is 105 Å². The molecule has 0 atom stereocenters. The summed E-state index contributed by atoms with van der Waals surface area (Å²) >= 11 is 29.5. The van der Waals surface area contributed by atoms with Crippen LogP contribution in [0.3, 0.4) is 0 Å². The Labute approximate surface area is 519 Å². The van der Waals surface area contributed by atoms with Gasteiger partial charge in [0.05, 0.1) is 48.4 Å². The number of ether oxygens (including phenoxy) is 4. The van der Waals surface area contributed by atoms with Gasteiger partial charge in [-0.2, -0.15) is 0 Å². The van der Waals surface area contributed by atoms with Crippen LogP contribution >= 0.6 is 94.2 Å². The van der Waals surface area contributed by atoms with Gasteiger partial charge in [-0.1, -0.05) is 219 Å². The van der Waals surface area contributed by atoms with Gasteiger partial charge in [0.1, 0.15) is 26.4 Å². The smallest absolute Gasteiger partial charge is 0.333 e. The van der Waals surface area contributed by atoms with E-state index in [2.05, 4.69) is 0 Å². The highest BCUT2D eigenvalue weighted by molar-refractivity contribution is 7.84. The van der Waals surface area contributed by atoms with Crippen LogP contribution in [0, 0.1) is 0 Å². The Balaban J connectivity index is 1.01. The lowest BCUT2D eigenvalue weighted by Gasteiger charge is -2.27. The van der Waals surface area contributed by atoms with Gasteiger partial charge >= 0.3 is 23.9 Å². The summed E-state index contributed by atoms with van der Waals surface area (Å²) in [6.45, 7) is -0.641. The first kappa shape index (κ1) is 54.1. The van der Waals surface area contributed by atoms with Gasteiger partial charge in [0, 0.05) is 65.4 Å².